The summed E-state index contributed by atoms with van der Waals surface area (Å²) in [6.07, 6.45) is -4.12. The molecule has 1 aliphatic carbocycles. The molecule has 0 spiro atoms. The average molecular weight is 181 g/mol. The van der Waals surface area contributed by atoms with Gasteiger partial charge in [-0.25, -0.2) is 0 Å². The van der Waals surface area contributed by atoms with E-state index in [1.807, 2.05) is 0 Å². The third kappa shape index (κ3) is 2.81. The van der Waals surface area contributed by atoms with E-state index in [0.717, 1.165) is 0 Å². The molecule has 1 saturated carbocycles. The lowest BCUT2D eigenvalue weighted by atomic mass is 10.1. The third-order valence-electron chi connectivity index (χ3n) is 1.80. The van der Waals surface area contributed by atoms with Crippen LogP contribution < -0.4 is 5.73 Å². The molecule has 2 nitrogen and oxygen atoms in total. The van der Waals surface area contributed by atoms with Gasteiger partial charge in [0.05, 0.1) is 12.5 Å². The number of carbonyl (C=O) groups excluding carboxylic acids is 1. The molecule has 0 radical (unpaired) electrons. The van der Waals surface area contributed by atoms with E-state index in [-0.39, 0.29) is 5.92 Å². The topological polar surface area (TPSA) is 43.1 Å². The lowest BCUT2D eigenvalue weighted by Crippen LogP contribution is -2.36. The average Bonchev–Trinajstić information content (AvgIpc) is 2.62. The number of ketones is 1. The second-order valence-electron chi connectivity index (χ2n) is 3.10. The zero-order valence-corrected chi connectivity index (χ0v) is 6.40. The lowest BCUT2D eigenvalue weighted by Gasteiger charge is -2.11. The zero-order chi connectivity index (χ0) is 9.35. The number of alkyl halides is 3. The first kappa shape index (κ1) is 9.51. The van der Waals surface area contributed by atoms with Crippen molar-refractivity contribution in [1.29, 1.82) is 0 Å². The standard InChI is InChI=1S/C7H10F3NO/c8-7(9,10)3-5(11)6(12)4-1-2-4/h4-5H,1-3,11H2. The van der Waals surface area contributed by atoms with Crippen molar-refractivity contribution in [3.05, 3.63) is 0 Å². The molecule has 70 valence electrons. The van der Waals surface area contributed by atoms with Gasteiger partial charge in [0, 0.05) is 5.92 Å². The van der Waals surface area contributed by atoms with Gasteiger partial charge < -0.3 is 5.73 Å². The van der Waals surface area contributed by atoms with Crippen LogP contribution in [0, 0.1) is 5.92 Å². The van der Waals surface area contributed by atoms with Gasteiger partial charge in [0.1, 0.15) is 0 Å². The first-order chi connectivity index (χ1) is 5.40. The molecule has 2 N–H and O–H groups in total. The Morgan fingerprint density at radius 1 is 1.50 bits per heavy atom. The van der Waals surface area contributed by atoms with Crippen LogP contribution in [0.1, 0.15) is 19.3 Å². The van der Waals surface area contributed by atoms with Crippen LogP contribution in [0.25, 0.3) is 0 Å². The molecule has 0 aliphatic heterocycles. The number of nitrogens with two attached hydrogens (primary N) is 1. The molecule has 1 aliphatic rings. The Morgan fingerprint density at radius 2 is 2.00 bits per heavy atom. The summed E-state index contributed by atoms with van der Waals surface area (Å²) in [7, 11) is 0. The van der Waals surface area contributed by atoms with E-state index < -0.39 is 24.4 Å². The summed E-state index contributed by atoms with van der Waals surface area (Å²) in [5, 5.41) is 0. The molecule has 1 fully saturated rings. The van der Waals surface area contributed by atoms with Gasteiger partial charge in [-0.1, -0.05) is 0 Å². The fourth-order valence-electron chi connectivity index (χ4n) is 1.02. The van der Waals surface area contributed by atoms with Crippen LogP contribution in [0.3, 0.4) is 0 Å². The van der Waals surface area contributed by atoms with E-state index in [0.29, 0.717) is 12.8 Å². The van der Waals surface area contributed by atoms with Crippen molar-refractivity contribution in [3.8, 4) is 0 Å². The molecule has 0 heterocycles. The summed E-state index contributed by atoms with van der Waals surface area (Å²) in [6.45, 7) is 0. The minimum atomic E-state index is -4.33. The molecule has 0 amide bonds. The molecular formula is C7H10F3NO. The molecule has 1 atom stereocenters. The van der Waals surface area contributed by atoms with Crippen molar-refractivity contribution >= 4 is 5.78 Å². The quantitative estimate of drug-likeness (QED) is 0.711. The minimum Gasteiger partial charge on any atom is -0.321 e. The molecule has 0 aromatic rings. The predicted octanol–water partition coefficient (Wildman–Crippen LogP) is 1.25. The van der Waals surface area contributed by atoms with Crippen LogP contribution in [0.4, 0.5) is 13.2 Å². The molecule has 0 aromatic carbocycles. The van der Waals surface area contributed by atoms with Gasteiger partial charge in [0.15, 0.2) is 5.78 Å². The highest BCUT2D eigenvalue weighted by molar-refractivity contribution is 5.87. The minimum absolute atomic E-state index is 0.192. The van der Waals surface area contributed by atoms with E-state index in [1.54, 1.807) is 0 Å². The van der Waals surface area contributed by atoms with Crippen LogP contribution in [0.5, 0.6) is 0 Å². The van der Waals surface area contributed by atoms with E-state index in [9.17, 15) is 18.0 Å². The van der Waals surface area contributed by atoms with Gasteiger partial charge in [-0.15, -0.1) is 0 Å². The summed E-state index contributed by atoms with van der Waals surface area (Å²) < 4.78 is 35.2. The number of halogens is 3. The van der Waals surface area contributed by atoms with E-state index in [2.05, 4.69) is 0 Å². The van der Waals surface area contributed by atoms with Gasteiger partial charge in [0.2, 0.25) is 0 Å². The van der Waals surface area contributed by atoms with Crippen LogP contribution in [-0.2, 0) is 4.79 Å². The van der Waals surface area contributed by atoms with Crippen molar-refractivity contribution in [3.63, 3.8) is 0 Å². The third-order valence-corrected chi connectivity index (χ3v) is 1.80. The second-order valence-corrected chi connectivity index (χ2v) is 3.10. The number of rotatable bonds is 3. The van der Waals surface area contributed by atoms with Crippen LogP contribution in [0.2, 0.25) is 0 Å². The highest BCUT2D eigenvalue weighted by Crippen LogP contribution is 2.32. The molecule has 12 heavy (non-hydrogen) atoms. The number of carbonyl (C=O) groups is 1. The molecule has 0 aromatic heterocycles. The van der Waals surface area contributed by atoms with Crippen molar-refractivity contribution in [2.45, 2.75) is 31.5 Å². The Bertz CT molecular complexity index is 186. The summed E-state index contributed by atoms with van der Waals surface area (Å²) in [6, 6.07) is -1.35. The van der Waals surface area contributed by atoms with E-state index in [4.69, 9.17) is 5.73 Å². The second kappa shape index (κ2) is 3.05. The van der Waals surface area contributed by atoms with Crippen LogP contribution in [-0.4, -0.2) is 18.0 Å². The molecule has 0 saturated heterocycles. The molecular weight excluding hydrogens is 171 g/mol. The Kier molecular flexibility index (Phi) is 2.41. The summed E-state index contributed by atoms with van der Waals surface area (Å²) in [4.78, 5) is 11.0. The summed E-state index contributed by atoms with van der Waals surface area (Å²) in [5.74, 6) is -0.630. The maximum absolute atomic E-state index is 11.7. The fraction of sp³-hybridized carbons (Fsp3) is 0.857. The highest BCUT2D eigenvalue weighted by atomic mass is 19.4. The fourth-order valence-corrected chi connectivity index (χ4v) is 1.02. The maximum atomic E-state index is 11.7. The van der Waals surface area contributed by atoms with Crippen LogP contribution in [0.15, 0.2) is 0 Å². The maximum Gasteiger partial charge on any atom is 0.391 e. The van der Waals surface area contributed by atoms with Crippen molar-refractivity contribution in [1.82, 2.24) is 0 Å². The molecule has 0 bridgehead atoms. The van der Waals surface area contributed by atoms with Gasteiger partial charge in [-0.05, 0) is 12.8 Å². The van der Waals surface area contributed by atoms with E-state index in [1.165, 1.54) is 0 Å². The Hall–Kier alpha value is -0.580. The lowest BCUT2D eigenvalue weighted by molar-refractivity contribution is -0.146. The summed E-state index contributed by atoms with van der Waals surface area (Å²) >= 11 is 0. The highest BCUT2D eigenvalue weighted by Gasteiger charge is 2.39. The largest absolute Gasteiger partial charge is 0.391 e. The first-order valence-electron chi connectivity index (χ1n) is 3.76. The Balaban J connectivity index is 2.36. The summed E-state index contributed by atoms with van der Waals surface area (Å²) in [5.41, 5.74) is 5.07. The normalized spacial score (nSPS) is 20.7. The van der Waals surface area contributed by atoms with Crippen molar-refractivity contribution in [2.24, 2.45) is 11.7 Å². The molecule has 1 rings (SSSR count). The van der Waals surface area contributed by atoms with Crippen molar-refractivity contribution in [2.75, 3.05) is 0 Å². The van der Waals surface area contributed by atoms with Gasteiger partial charge in [-0.2, -0.15) is 13.2 Å². The Morgan fingerprint density at radius 3 is 2.33 bits per heavy atom. The smallest absolute Gasteiger partial charge is 0.321 e. The number of hydrogen-bond acceptors (Lipinski definition) is 2. The van der Waals surface area contributed by atoms with Gasteiger partial charge in [0.25, 0.3) is 0 Å². The van der Waals surface area contributed by atoms with Crippen molar-refractivity contribution < 1.29 is 18.0 Å². The Labute approximate surface area is 67.9 Å². The first-order valence-corrected chi connectivity index (χ1v) is 3.76. The number of Topliss-reactive ketones (excluding diaryl/α,β-unsaturated/α-hetero) is 1. The van der Waals surface area contributed by atoms with Gasteiger partial charge >= 0.3 is 6.18 Å². The van der Waals surface area contributed by atoms with Gasteiger partial charge in [-0.3, -0.25) is 4.79 Å². The zero-order valence-electron chi connectivity index (χ0n) is 6.40. The predicted molar refractivity (Wildman–Crippen MR) is 36.4 cm³/mol. The number of hydrogen-bond donors (Lipinski definition) is 1. The molecule has 1 unspecified atom stereocenters. The van der Waals surface area contributed by atoms with Crippen LogP contribution >= 0.6 is 0 Å². The monoisotopic (exact) mass is 181 g/mol. The molecule has 5 heteroatoms. The SMILES string of the molecule is NC(CC(F)(F)F)C(=O)C1CC1. The van der Waals surface area contributed by atoms with E-state index >= 15 is 0 Å².